The van der Waals surface area contributed by atoms with Gasteiger partial charge in [0.05, 0.1) is 15.6 Å². The van der Waals surface area contributed by atoms with Crippen LogP contribution < -0.4 is 4.90 Å². The molecule has 0 atom stereocenters. The zero-order valence-electron chi connectivity index (χ0n) is 15.3. The van der Waals surface area contributed by atoms with Crippen molar-refractivity contribution in [3.63, 3.8) is 0 Å². The number of hydrogen-bond donors (Lipinski definition) is 0. The summed E-state index contributed by atoms with van der Waals surface area (Å²) in [6.07, 6.45) is 1.53. The number of nitro benzene ring substituents is 1. The fourth-order valence-electron chi connectivity index (χ4n) is 3.02. The maximum Gasteiger partial charge on any atom is 0.282 e. The van der Waals surface area contributed by atoms with Crippen LogP contribution in [0, 0.1) is 15.9 Å². The van der Waals surface area contributed by atoms with Gasteiger partial charge in [0.25, 0.3) is 11.6 Å². The van der Waals surface area contributed by atoms with Gasteiger partial charge >= 0.3 is 0 Å². The molecule has 3 aromatic rings. The standard InChI is InChI=1S/C22H13ClFN3O3/c23-19-4-2-1-3-18(19)21-25-20(13-14-5-9-17(10-6-14)27(29)30)22(28)26(21)16-11-7-15(24)8-12-16/h1-13H/b20-13+. The molecule has 4 rings (SSSR count). The van der Waals surface area contributed by atoms with Gasteiger partial charge in [-0.2, -0.15) is 0 Å². The van der Waals surface area contributed by atoms with Crippen LogP contribution in [-0.4, -0.2) is 16.7 Å². The zero-order valence-corrected chi connectivity index (χ0v) is 16.1. The van der Waals surface area contributed by atoms with Crippen molar-refractivity contribution in [1.82, 2.24) is 0 Å². The molecule has 1 aliphatic heterocycles. The minimum absolute atomic E-state index is 0.0527. The molecule has 0 unspecified atom stereocenters. The Bertz CT molecular complexity index is 1210. The molecule has 0 aliphatic carbocycles. The third-order valence-electron chi connectivity index (χ3n) is 4.47. The van der Waals surface area contributed by atoms with E-state index < -0.39 is 16.6 Å². The van der Waals surface area contributed by atoms with Gasteiger partial charge in [-0.05, 0) is 60.2 Å². The number of benzene rings is 3. The average molecular weight is 422 g/mol. The van der Waals surface area contributed by atoms with E-state index in [0.29, 0.717) is 27.7 Å². The lowest BCUT2D eigenvalue weighted by Crippen LogP contribution is -2.32. The quantitative estimate of drug-likeness (QED) is 0.329. The molecule has 0 radical (unpaired) electrons. The first-order valence-corrected chi connectivity index (χ1v) is 9.21. The third-order valence-corrected chi connectivity index (χ3v) is 4.80. The predicted octanol–water partition coefficient (Wildman–Crippen LogP) is 5.22. The fourth-order valence-corrected chi connectivity index (χ4v) is 3.24. The molecule has 1 aliphatic rings. The van der Waals surface area contributed by atoms with Crippen molar-refractivity contribution in [2.75, 3.05) is 4.90 Å². The molecule has 6 nitrogen and oxygen atoms in total. The van der Waals surface area contributed by atoms with Crippen molar-refractivity contribution in [2.24, 2.45) is 4.99 Å². The summed E-state index contributed by atoms with van der Waals surface area (Å²) in [6, 6.07) is 18.2. The lowest BCUT2D eigenvalue weighted by molar-refractivity contribution is -0.384. The van der Waals surface area contributed by atoms with E-state index >= 15 is 0 Å². The van der Waals surface area contributed by atoms with Crippen LogP contribution in [-0.2, 0) is 4.79 Å². The summed E-state index contributed by atoms with van der Waals surface area (Å²) in [5.41, 5.74) is 1.63. The highest BCUT2D eigenvalue weighted by Gasteiger charge is 2.33. The number of aliphatic imine (C=N–C) groups is 1. The number of nitrogens with zero attached hydrogens (tertiary/aromatic N) is 3. The van der Waals surface area contributed by atoms with E-state index in [0.717, 1.165) is 0 Å². The molecule has 0 saturated carbocycles. The molecule has 8 heteroatoms. The summed E-state index contributed by atoms with van der Waals surface area (Å²) in [5.74, 6) is -0.538. The van der Waals surface area contributed by atoms with Gasteiger partial charge in [-0.15, -0.1) is 0 Å². The predicted molar refractivity (Wildman–Crippen MR) is 113 cm³/mol. The monoisotopic (exact) mass is 421 g/mol. The van der Waals surface area contributed by atoms with Crippen molar-refractivity contribution in [3.05, 3.63) is 111 Å². The van der Waals surface area contributed by atoms with Crippen LogP contribution >= 0.6 is 11.6 Å². The zero-order chi connectivity index (χ0) is 21.3. The first-order valence-electron chi connectivity index (χ1n) is 8.84. The van der Waals surface area contributed by atoms with Crippen molar-refractivity contribution < 1.29 is 14.1 Å². The second-order valence-corrected chi connectivity index (χ2v) is 6.82. The van der Waals surface area contributed by atoms with E-state index in [9.17, 15) is 19.3 Å². The van der Waals surface area contributed by atoms with Crippen LogP contribution in [0.15, 0.2) is 83.5 Å². The van der Waals surface area contributed by atoms with E-state index in [1.54, 1.807) is 24.3 Å². The van der Waals surface area contributed by atoms with E-state index in [-0.39, 0.29) is 11.4 Å². The summed E-state index contributed by atoms with van der Waals surface area (Å²) >= 11 is 6.32. The van der Waals surface area contributed by atoms with Crippen LogP contribution in [0.1, 0.15) is 11.1 Å². The van der Waals surface area contributed by atoms with Crippen molar-refractivity contribution in [2.45, 2.75) is 0 Å². The molecule has 1 heterocycles. The Morgan fingerprint density at radius 1 is 1.00 bits per heavy atom. The van der Waals surface area contributed by atoms with Crippen LogP contribution in [0.25, 0.3) is 6.08 Å². The van der Waals surface area contributed by atoms with Gasteiger partial charge in [-0.25, -0.2) is 9.38 Å². The number of carbonyl (C=O) groups is 1. The number of nitro groups is 1. The van der Waals surface area contributed by atoms with Crippen LogP contribution in [0.4, 0.5) is 15.8 Å². The van der Waals surface area contributed by atoms with E-state index in [4.69, 9.17) is 11.6 Å². The molecule has 0 bridgehead atoms. The van der Waals surface area contributed by atoms with Gasteiger partial charge in [-0.1, -0.05) is 23.7 Å². The Kier molecular flexibility index (Phi) is 5.12. The molecular weight excluding hydrogens is 409 g/mol. The number of anilines is 1. The van der Waals surface area contributed by atoms with Crippen LogP contribution in [0.2, 0.25) is 5.02 Å². The SMILES string of the molecule is O=C1/C(=C\c2ccc([N+](=O)[O-])cc2)N=C(c2ccccc2Cl)N1c1ccc(F)cc1. The van der Waals surface area contributed by atoms with Crippen molar-refractivity contribution >= 4 is 40.8 Å². The van der Waals surface area contributed by atoms with Gasteiger partial charge in [0.15, 0.2) is 0 Å². The van der Waals surface area contributed by atoms with Gasteiger partial charge in [-0.3, -0.25) is 19.8 Å². The topological polar surface area (TPSA) is 75.8 Å². The Morgan fingerprint density at radius 3 is 2.30 bits per heavy atom. The summed E-state index contributed by atoms with van der Waals surface area (Å²) in [6.45, 7) is 0. The number of halogens is 2. The number of carbonyl (C=O) groups excluding carboxylic acids is 1. The smallest absolute Gasteiger partial charge is 0.266 e. The molecule has 30 heavy (non-hydrogen) atoms. The molecule has 3 aromatic carbocycles. The number of non-ortho nitro benzene ring substituents is 1. The van der Waals surface area contributed by atoms with Crippen LogP contribution in [0.5, 0.6) is 0 Å². The molecule has 148 valence electrons. The Morgan fingerprint density at radius 2 is 1.67 bits per heavy atom. The average Bonchev–Trinajstić information content (AvgIpc) is 3.05. The van der Waals surface area contributed by atoms with Gasteiger partial charge < -0.3 is 0 Å². The summed E-state index contributed by atoms with van der Waals surface area (Å²) < 4.78 is 13.4. The lowest BCUT2D eigenvalue weighted by Gasteiger charge is -2.19. The Labute approximate surface area is 175 Å². The molecule has 1 amide bonds. The van der Waals surface area contributed by atoms with Crippen molar-refractivity contribution in [3.8, 4) is 0 Å². The Hall–Kier alpha value is -3.84. The fraction of sp³-hybridized carbons (Fsp3) is 0. The molecule has 0 saturated heterocycles. The van der Waals surface area contributed by atoms with Crippen molar-refractivity contribution in [1.29, 1.82) is 0 Å². The second kappa shape index (κ2) is 7.88. The number of amides is 1. The molecular formula is C22H13ClFN3O3. The van der Waals surface area contributed by atoms with E-state index in [1.165, 1.54) is 59.5 Å². The Balaban J connectivity index is 1.80. The van der Waals surface area contributed by atoms with Crippen LogP contribution in [0.3, 0.4) is 0 Å². The first kappa shape index (κ1) is 19.5. The first-order chi connectivity index (χ1) is 14.4. The second-order valence-electron chi connectivity index (χ2n) is 6.41. The minimum atomic E-state index is -0.498. The minimum Gasteiger partial charge on any atom is -0.266 e. The van der Waals surface area contributed by atoms with E-state index in [2.05, 4.69) is 4.99 Å². The molecule has 0 N–H and O–H groups in total. The highest BCUT2D eigenvalue weighted by atomic mass is 35.5. The summed E-state index contributed by atoms with van der Waals surface area (Å²) in [7, 11) is 0. The summed E-state index contributed by atoms with van der Waals surface area (Å²) in [4.78, 5) is 29.3. The maximum atomic E-state index is 13.4. The van der Waals surface area contributed by atoms with E-state index in [1.807, 2.05) is 0 Å². The molecule has 0 spiro atoms. The highest BCUT2D eigenvalue weighted by molar-refractivity contribution is 6.39. The lowest BCUT2D eigenvalue weighted by atomic mass is 10.1. The van der Waals surface area contributed by atoms with Gasteiger partial charge in [0.2, 0.25) is 0 Å². The normalized spacial score (nSPS) is 14.9. The molecule has 0 aromatic heterocycles. The number of hydrogen-bond acceptors (Lipinski definition) is 4. The number of rotatable bonds is 4. The van der Waals surface area contributed by atoms with Gasteiger partial charge in [0, 0.05) is 17.7 Å². The largest absolute Gasteiger partial charge is 0.282 e. The highest BCUT2D eigenvalue weighted by Crippen LogP contribution is 2.30. The maximum absolute atomic E-state index is 13.4. The third kappa shape index (κ3) is 3.70. The number of amidine groups is 1. The summed E-state index contributed by atoms with van der Waals surface area (Å²) in [5, 5.41) is 11.2. The molecule has 0 fully saturated rings. The van der Waals surface area contributed by atoms with Gasteiger partial charge in [0.1, 0.15) is 17.3 Å².